The molecule has 162 valence electrons. The fraction of sp³-hybridized carbons (Fsp3) is 0.192. The van der Waals surface area contributed by atoms with Gasteiger partial charge in [0.15, 0.2) is 0 Å². The highest BCUT2D eigenvalue weighted by Crippen LogP contribution is 2.17. The summed E-state index contributed by atoms with van der Waals surface area (Å²) in [6.07, 6.45) is 9.47. The summed E-state index contributed by atoms with van der Waals surface area (Å²) >= 11 is 0. The molecule has 3 aromatic heterocycles. The van der Waals surface area contributed by atoms with Crippen molar-refractivity contribution < 1.29 is 9.53 Å². The Morgan fingerprint density at radius 3 is 1.59 bits per heavy atom. The van der Waals surface area contributed by atoms with Gasteiger partial charge in [-0.25, -0.2) is 9.97 Å². The van der Waals surface area contributed by atoms with Gasteiger partial charge in [0.25, 0.3) is 0 Å². The molecule has 0 aromatic carbocycles. The van der Waals surface area contributed by atoms with Crippen LogP contribution in [0.3, 0.4) is 0 Å². The van der Waals surface area contributed by atoms with Crippen molar-refractivity contribution in [3.05, 3.63) is 71.3 Å². The smallest absolute Gasteiger partial charge is 0.305 e. The van der Waals surface area contributed by atoms with Gasteiger partial charge in [-0.1, -0.05) is 6.92 Å². The highest BCUT2D eigenvalue weighted by atomic mass is 16.5. The second-order valence-corrected chi connectivity index (χ2v) is 7.46. The van der Waals surface area contributed by atoms with Gasteiger partial charge in [0.2, 0.25) is 0 Å². The van der Waals surface area contributed by atoms with Crippen molar-refractivity contribution >= 4 is 52.3 Å². The lowest BCUT2D eigenvalue weighted by atomic mass is 10.3. The van der Waals surface area contributed by atoms with E-state index in [0.29, 0.717) is 13.0 Å². The first-order valence-electron chi connectivity index (χ1n) is 10.8. The lowest BCUT2D eigenvalue weighted by Crippen LogP contribution is -2.01. The second kappa shape index (κ2) is 9.92. The van der Waals surface area contributed by atoms with Crippen molar-refractivity contribution in [1.82, 2.24) is 19.9 Å². The molecule has 2 aliphatic heterocycles. The summed E-state index contributed by atoms with van der Waals surface area (Å²) in [5.41, 5.74) is 7.86. The van der Waals surface area contributed by atoms with Crippen molar-refractivity contribution in [2.75, 3.05) is 6.61 Å². The van der Waals surface area contributed by atoms with Crippen LogP contribution in [0, 0.1) is 0 Å². The van der Waals surface area contributed by atoms with Crippen LogP contribution in [0.25, 0.3) is 46.4 Å². The number of H-pyrrole nitrogens is 2. The Bertz CT molecular complexity index is 1230. The molecular formula is C26H26N4O2. The Balaban J connectivity index is 0.000000265. The van der Waals surface area contributed by atoms with Crippen molar-refractivity contribution in [2.24, 2.45) is 0 Å². The normalized spacial score (nSPS) is 11.7. The molecule has 3 aromatic rings. The Morgan fingerprint density at radius 2 is 1.16 bits per heavy atom. The van der Waals surface area contributed by atoms with Gasteiger partial charge in [-0.05, 0) is 86.2 Å². The van der Waals surface area contributed by atoms with Gasteiger partial charge < -0.3 is 14.7 Å². The topological polar surface area (TPSA) is 83.7 Å². The van der Waals surface area contributed by atoms with Crippen LogP contribution in [-0.4, -0.2) is 32.5 Å². The van der Waals surface area contributed by atoms with Crippen LogP contribution in [-0.2, 0) is 9.53 Å². The quantitative estimate of drug-likeness (QED) is 0.346. The van der Waals surface area contributed by atoms with Crippen molar-refractivity contribution in [2.45, 2.75) is 26.7 Å². The van der Waals surface area contributed by atoms with Gasteiger partial charge in [0.05, 0.1) is 29.4 Å². The molecule has 2 aliphatic rings. The molecule has 0 atom stereocenters. The van der Waals surface area contributed by atoms with E-state index in [-0.39, 0.29) is 5.97 Å². The van der Waals surface area contributed by atoms with Crippen LogP contribution in [0.1, 0.15) is 49.5 Å². The van der Waals surface area contributed by atoms with E-state index >= 15 is 0 Å². The van der Waals surface area contributed by atoms with Crippen LogP contribution in [0.5, 0.6) is 0 Å². The van der Waals surface area contributed by atoms with Gasteiger partial charge in [-0.15, -0.1) is 0 Å². The van der Waals surface area contributed by atoms with Crippen LogP contribution >= 0.6 is 0 Å². The monoisotopic (exact) mass is 426 g/mol. The largest absolute Gasteiger partial charge is 0.466 e. The fourth-order valence-corrected chi connectivity index (χ4v) is 3.38. The van der Waals surface area contributed by atoms with Crippen LogP contribution < -0.4 is 0 Å². The maximum Gasteiger partial charge on any atom is 0.305 e. The van der Waals surface area contributed by atoms with E-state index in [9.17, 15) is 4.79 Å². The summed E-state index contributed by atoms with van der Waals surface area (Å²) in [7, 11) is 0. The maximum atomic E-state index is 10.4. The Kier molecular flexibility index (Phi) is 6.60. The first kappa shape index (κ1) is 21.3. The maximum absolute atomic E-state index is 10.4. The zero-order valence-electron chi connectivity index (χ0n) is 18.3. The lowest BCUT2D eigenvalue weighted by molar-refractivity contribution is -0.143. The van der Waals surface area contributed by atoms with E-state index in [1.807, 2.05) is 56.4 Å². The highest BCUT2D eigenvalue weighted by Gasteiger charge is 2.02. The van der Waals surface area contributed by atoms with Gasteiger partial charge in [0, 0.05) is 28.5 Å². The van der Waals surface area contributed by atoms with Crippen molar-refractivity contribution in [3.63, 3.8) is 0 Å². The van der Waals surface area contributed by atoms with Crippen molar-refractivity contribution in [3.8, 4) is 0 Å². The molecule has 6 nitrogen and oxygen atoms in total. The molecule has 8 bridgehead atoms. The average molecular weight is 427 g/mol. The number of hydrogen-bond acceptors (Lipinski definition) is 4. The number of nitrogens with one attached hydrogen (secondary N) is 2. The van der Waals surface area contributed by atoms with E-state index in [1.165, 1.54) is 0 Å². The minimum absolute atomic E-state index is 0.0880. The number of hydrogen-bond donors (Lipinski definition) is 2. The second-order valence-electron chi connectivity index (χ2n) is 7.46. The molecule has 32 heavy (non-hydrogen) atoms. The summed E-state index contributed by atoms with van der Waals surface area (Å²) < 4.78 is 4.64. The Morgan fingerprint density at radius 1 is 0.719 bits per heavy atom. The summed E-state index contributed by atoms with van der Waals surface area (Å²) in [6.45, 7) is 4.27. The molecule has 0 saturated carbocycles. The predicted molar refractivity (Wildman–Crippen MR) is 130 cm³/mol. The number of fused-ring (bicyclic) bond motifs is 8. The SMILES string of the molecule is C1=Cc2cc3ccc(cc4ccc(cc5nc(cc1n2)C=C5)[nH]4)[nH]3.CCCC(=O)OCC. The number of rotatable bonds is 3. The van der Waals surface area contributed by atoms with E-state index in [4.69, 9.17) is 0 Å². The first-order chi connectivity index (χ1) is 15.6. The molecule has 0 saturated heterocycles. The molecule has 0 unspecified atom stereocenters. The summed E-state index contributed by atoms with van der Waals surface area (Å²) in [6, 6.07) is 16.4. The minimum Gasteiger partial charge on any atom is -0.466 e. The molecular weight excluding hydrogens is 400 g/mol. The van der Waals surface area contributed by atoms with Gasteiger partial charge in [-0.2, -0.15) is 0 Å². The Hall–Kier alpha value is -3.93. The Labute approximate surface area is 186 Å². The number of carbonyl (C=O) groups excluding carboxylic acids is 1. The minimum atomic E-state index is -0.0880. The lowest BCUT2D eigenvalue weighted by Gasteiger charge is -1.96. The van der Waals surface area contributed by atoms with Crippen LogP contribution in [0.2, 0.25) is 0 Å². The third-order valence-corrected chi connectivity index (χ3v) is 4.80. The first-order valence-corrected chi connectivity index (χ1v) is 10.8. The zero-order chi connectivity index (χ0) is 22.3. The predicted octanol–water partition coefficient (Wildman–Crippen LogP) is 6.01. The third kappa shape index (κ3) is 5.60. The number of ether oxygens (including phenoxy) is 1. The summed E-state index contributed by atoms with van der Waals surface area (Å²) in [4.78, 5) is 26.4. The average Bonchev–Trinajstić information content (AvgIpc) is 3.55. The molecule has 0 spiro atoms. The number of aromatic amines is 2. The van der Waals surface area contributed by atoms with Crippen molar-refractivity contribution in [1.29, 1.82) is 0 Å². The molecule has 0 amide bonds. The van der Waals surface area contributed by atoms with E-state index in [0.717, 1.165) is 51.3 Å². The molecule has 0 aliphatic carbocycles. The molecule has 5 rings (SSSR count). The summed E-state index contributed by atoms with van der Waals surface area (Å²) in [5, 5.41) is 0. The van der Waals surface area contributed by atoms with Gasteiger partial charge >= 0.3 is 5.97 Å². The number of nitrogens with zero attached hydrogens (tertiary/aromatic N) is 2. The molecule has 5 heterocycles. The molecule has 0 fully saturated rings. The molecule has 2 N–H and O–H groups in total. The van der Waals surface area contributed by atoms with E-state index in [1.54, 1.807) is 0 Å². The third-order valence-electron chi connectivity index (χ3n) is 4.80. The van der Waals surface area contributed by atoms with Crippen LogP contribution in [0.15, 0.2) is 48.5 Å². The van der Waals surface area contributed by atoms with Crippen LogP contribution in [0.4, 0.5) is 0 Å². The van der Waals surface area contributed by atoms with Gasteiger partial charge in [0.1, 0.15) is 0 Å². The van der Waals surface area contributed by atoms with E-state index in [2.05, 4.69) is 55.0 Å². The number of carbonyl (C=O) groups is 1. The summed E-state index contributed by atoms with van der Waals surface area (Å²) in [5.74, 6) is -0.0880. The zero-order valence-corrected chi connectivity index (χ0v) is 18.3. The molecule has 6 heteroatoms. The fourth-order valence-electron chi connectivity index (χ4n) is 3.38. The number of aromatic nitrogens is 4. The van der Waals surface area contributed by atoms with E-state index < -0.39 is 0 Å². The number of esters is 1. The molecule has 0 radical (unpaired) electrons. The standard InChI is InChI=1S/C20H14N4.C6H12O2/c1-2-14-10-16-5-6-18(23-16)12-20-8-7-19(24-20)11-17-4-3-15(22-17)9-13(1)21-14;1-3-5-6(7)8-4-2/h1-12,21-22H;3-5H2,1-2H3. The van der Waals surface area contributed by atoms with Gasteiger partial charge in [-0.3, -0.25) is 4.79 Å². The highest BCUT2D eigenvalue weighted by molar-refractivity contribution is 5.77.